The number of halogens is 2. The van der Waals surface area contributed by atoms with Crippen LogP contribution in [0.2, 0.25) is 0 Å². The highest BCUT2D eigenvalue weighted by atomic mass is 19.3. The Bertz CT molecular complexity index is 962. The van der Waals surface area contributed by atoms with E-state index in [1.807, 2.05) is 31.2 Å². The lowest BCUT2D eigenvalue weighted by Crippen LogP contribution is -2.34. The van der Waals surface area contributed by atoms with Gasteiger partial charge in [-0.05, 0) is 30.7 Å². The van der Waals surface area contributed by atoms with E-state index in [0.29, 0.717) is 23.9 Å². The second-order valence-corrected chi connectivity index (χ2v) is 7.12. The topological polar surface area (TPSA) is 60.0 Å². The fraction of sp³-hybridized carbons (Fsp3) is 0.333. The zero-order valence-electron chi connectivity index (χ0n) is 15.7. The number of benzene rings is 1. The second-order valence-electron chi connectivity index (χ2n) is 7.12. The third-order valence-electron chi connectivity index (χ3n) is 4.89. The Morgan fingerprint density at radius 2 is 1.96 bits per heavy atom. The van der Waals surface area contributed by atoms with Gasteiger partial charge in [0, 0.05) is 36.6 Å². The largest absolute Gasteiger partial charge is 0.496 e. The average molecular weight is 385 g/mol. The van der Waals surface area contributed by atoms with Gasteiger partial charge in [-0.25, -0.2) is 13.8 Å². The molecule has 0 atom stereocenters. The van der Waals surface area contributed by atoms with Crippen molar-refractivity contribution in [2.24, 2.45) is 0 Å². The van der Waals surface area contributed by atoms with Gasteiger partial charge >= 0.3 is 0 Å². The van der Waals surface area contributed by atoms with Gasteiger partial charge in [-0.2, -0.15) is 0 Å². The number of nitrogens with zero attached hydrogens (tertiary/aromatic N) is 2. The third kappa shape index (κ3) is 3.83. The van der Waals surface area contributed by atoms with Crippen LogP contribution in [0, 0.1) is 6.92 Å². The maximum absolute atomic E-state index is 13.1. The molecule has 0 saturated heterocycles. The highest BCUT2D eigenvalue weighted by molar-refractivity contribution is 5.68. The van der Waals surface area contributed by atoms with Crippen LogP contribution in [-0.4, -0.2) is 28.0 Å². The lowest BCUT2D eigenvalue weighted by Gasteiger charge is -2.33. The van der Waals surface area contributed by atoms with Gasteiger partial charge in [-0.15, -0.1) is 0 Å². The summed E-state index contributed by atoms with van der Waals surface area (Å²) in [7, 11) is 1.58. The van der Waals surface area contributed by atoms with Crippen molar-refractivity contribution in [1.29, 1.82) is 0 Å². The minimum Gasteiger partial charge on any atom is -0.496 e. The first-order valence-electron chi connectivity index (χ1n) is 9.09. The van der Waals surface area contributed by atoms with E-state index >= 15 is 0 Å². The summed E-state index contributed by atoms with van der Waals surface area (Å²) in [5, 5.41) is 0. The molecule has 1 aliphatic carbocycles. The van der Waals surface area contributed by atoms with Gasteiger partial charge in [0.05, 0.1) is 24.7 Å². The number of H-pyrrole nitrogens is 1. The van der Waals surface area contributed by atoms with Crippen molar-refractivity contribution in [2.45, 2.75) is 38.2 Å². The molecule has 146 valence electrons. The molecule has 2 aromatic heterocycles. The molecule has 0 spiro atoms. The maximum Gasteiger partial charge on any atom is 0.249 e. The molecule has 0 bridgehead atoms. The Labute approximate surface area is 161 Å². The first-order valence-corrected chi connectivity index (χ1v) is 9.09. The fourth-order valence-electron chi connectivity index (χ4n) is 3.26. The lowest BCUT2D eigenvalue weighted by atomic mass is 9.81. The molecule has 1 fully saturated rings. The lowest BCUT2D eigenvalue weighted by molar-refractivity contribution is -0.0883. The van der Waals surface area contributed by atoms with Gasteiger partial charge < -0.3 is 14.5 Å². The van der Waals surface area contributed by atoms with Crippen molar-refractivity contribution >= 4 is 0 Å². The number of ether oxygens (including phenoxy) is 2. The Kier molecular flexibility index (Phi) is 4.75. The molecule has 1 aromatic carbocycles. The summed E-state index contributed by atoms with van der Waals surface area (Å²) >= 11 is 0. The highest BCUT2D eigenvalue weighted by Crippen LogP contribution is 2.47. The van der Waals surface area contributed by atoms with Crippen LogP contribution in [0.3, 0.4) is 0 Å². The average Bonchev–Trinajstić information content (AvgIpc) is 3.15. The molecule has 5 nitrogen and oxygen atoms in total. The first kappa shape index (κ1) is 18.4. The Morgan fingerprint density at radius 1 is 1.14 bits per heavy atom. The van der Waals surface area contributed by atoms with Crippen LogP contribution in [0.4, 0.5) is 8.78 Å². The Balaban J connectivity index is 1.48. The van der Waals surface area contributed by atoms with E-state index in [0.717, 1.165) is 22.5 Å². The number of imidazole rings is 1. The number of aromatic nitrogens is 3. The van der Waals surface area contributed by atoms with Crippen molar-refractivity contribution in [3.8, 4) is 22.8 Å². The van der Waals surface area contributed by atoms with Crippen LogP contribution >= 0.6 is 0 Å². The molecule has 0 unspecified atom stereocenters. The van der Waals surface area contributed by atoms with Crippen LogP contribution in [0.1, 0.15) is 35.8 Å². The van der Waals surface area contributed by atoms with Crippen LogP contribution in [0.5, 0.6) is 11.5 Å². The summed E-state index contributed by atoms with van der Waals surface area (Å²) in [4.78, 5) is 11.7. The van der Waals surface area contributed by atoms with Crippen LogP contribution in [0.15, 0.2) is 42.7 Å². The molecule has 2 heterocycles. The van der Waals surface area contributed by atoms with Crippen molar-refractivity contribution < 1.29 is 18.3 Å². The Hall–Kier alpha value is -2.96. The summed E-state index contributed by atoms with van der Waals surface area (Å²) in [5.74, 6) is -0.932. The van der Waals surface area contributed by atoms with Crippen molar-refractivity contribution in [3.63, 3.8) is 0 Å². The molecular formula is C21H21F2N3O2. The Morgan fingerprint density at radius 3 is 2.64 bits per heavy atom. The molecule has 1 aliphatic rings. The summed E-state index contributed by atoms with van der Waals surface area (Å²) in [6.07, 6.45) is 3.14. The molecule has 0 amide bonds. The number of aryl methyl sites for hydroxylation is 1. The first-order chi connectivity index (χ1) is 13.4. The molecule has 7 heteroatoms. The van der Waals surface area contributed by atoms with Crippen LogP contribution in [-0.2, 0) is 6.61 Å². The molecule has 28 heavy (non-hydrogen) atoms. The van der Waals surface area contributed by atoms with Gasteiger partial charge in [0.2, 0.25) is 5.92 Å². The third-order valence-corrected chi connectivity index (χ3v) is 4.89. The van der Waals surface area contributed by atoms with Crippen LogP contribution < -0.4 is 9.47 Å². The standard InChI is InChI=1S/C21H21F2N3O2/c1-13-3-4-15(24-10-13)12-28-16-5-6-17(19(7-16)27-2)18-11-25-20(26-18)14-8-21(22,23)9-14/h3-7,10-11,14H,8-9,12H2,1-2H3,(H,25,26). The van der Waals surface area contributed by atoms with Gasteiger partial charge in [-0.1, -0.05) is 6.07 Å². The van der Waals surface area contributed by atoms with Gasteiger partial charge in [0.15, 0.2) is 0 Å². The molecule has 0 radical (unpaired) electrons. The van der Waals surface area contributed by atoms with Gasteiger partial charge in [0.25, 0.3) is 0 Å². The molecular weight excluding hydrogens is 364 g/mol. The zero-order chi connectivity index (χ0) is 19.7. The SMILES string of the molecule is COc1cc(OCc2ccc(C)cn2)ccc1-c1cnc(C2CC(F)(F)C2)[nH]1. The normalized spacial score (nSPS) is 15.9. The molecule has 3 aromatic rings. The number of alkyl halides is 2. The number of aromatic amines is 1. The van der Waals surface area contributed by atoms with Crippen molar-refractivity contribution in [2.75, 3.05) is 7.11 Å². The van der Waals surface area contributed by atoms with Gasteiger partial charge in [0.1, 0.15) is 23.9 Å². The van der Waals surface area contributed by atoms with E-state index in [4.69, 9.17) is 9.47 Å². The van der Waals surface area contributed by atoms with E-state index in [-0.39, 0.29) is 18.8 Å². The van der Waals surface area contributed by atoms with E-state index in [1.54, 1.807) is 25.6 Å². The number of hydrogen-bond donors (Lipinski definition) is 1. The molecule has 1 N–H and O–H groups in total. The summed E-state index contributed by atoms with van der Waals surface area (Å²) < 4.78 is 37.5. The number of methoxy groups -OCH3 is 1. The number of hydrogen-bond acceptors (Lipinski definition) is 4. The maximum atomic E-state index is 13.1. The fourth-order valence-corrected chi connectivity index (χ4v) is 3.26. The van der Waals surface area contributed by atoms with E-state index < -0.39 is 5.92 Å². The smallest absolute Gasteiger partial charge is 0.249 e. The second kappa shape index (κ2) is 7.22. The molecule has 4 rings (SSSR count). The summed E-state index contributed by atoms with van der Waals surface area (Å²) in [6.45, 7) is 2.34. The number of pyridine rings is 1. The summed E-state index contributed by atoms with van der Waals surface area (Å²) in [5.41, 5.74) is 3.46. The quantitative estimate of drug-likeness (QED) is 0.657. The minimum atomic E-state index is -2.57. The molecule has 0 aliphatic heterocycles. The predicted octanol–water partition coefficient (Wildman–Crippen LogP) is 4.88. The zero-order valence-corrected chi connectivity index (χ0v) is 15.7. The van der Waals surface area contributed by atoms with E-state index in [9.17, 15) is 8.78 Å². The monoisotopic (exact) mass is 385 g/mol. The van der Waals surface area contributed by atoms with Crippen molar-refractivity contribution in [1.82, 2.24) is 15.0 Å². The van der Waals surface area contributed by atoms with E-state index in [1.165, 1.54) is 0 Å². The summed E-state index contributed by atoms with van der Waals surface area (Å²) in [6, 6.07) is 9.41. The van der Waals surface area contributed by atoms with E-state index in [2.05, 4.69) is 15.0 Å². The van der Waals surface area contributed by atoms with Crippen LogP contribution in [0.25, 0.3) is 11.3 Å². The number of nitrogens with one attached hydrogen (secondary N) is 1. The highest BCUT2D eigenvalue weighted by Gasteiger charge is 2.47. The van der Waals surface area contributed by atoms with Gasteiger partial charge in [-0.3, -0.25) is 4.98 Å². The number of rotatable bonds is 6. The minimum absolute atomic E-state index is 0.156. The predicted molar refractivity (Wildman–Crippen MR) is 101 cm³/mol. The molecule has 1 saturated carbocycles. The van der Waals surface area contributed by atoms with Crippen molar-refractivity contribution in [3.05, 3.63) is 59.8 Å².